The van der Waals surface area contributed by atoms with Crippen molar-refractivity contribution >= 4 is 21.7 Å². The molecule has 0 saturated heterocycles. The Labute approximate surface area is 158 Å². The first-order chi connectivity index (χ1) is 12.9. The molecule has 0 saturated carbocycles. The Balaban J connectivity index is 1.86. The molecule has 0 aliphatic rings. The van der Waals surface area contributed by atoms with Gasteiger partial charge in [0.2, 0.25) is 16.0 Å². The highest BCUT2D eigenvalue weighted by atomic mass is 32.2. The third-order valence-corrected chi connectivity index (χ3v) is 5.39. The van der Waals surface area contributed by atoms with Crippen LogP contribution in [0.4, 0.5) is 11.6 Å². The molecule has 2 heterocycles. The third kappa shape index (κ3) is 4.50. The topological polar surface area (TPSA) is 102 Å². The van der Waals surface area contributed by atoms with Crippen LogP contribution in [0.3, 0.4) is 0 Å². The number of hydrogen-bond donors (Lipinski definition) is 2. The predicted octanol–water partition coefficient (Wildman–Crippen LogP) is 2.62. The van der Waals surface area contributed by atoms with E-state index in [0.29, 0.717) is 12.5 Å². The minimum Gasteiger partial charge on any atom is -0.321 e. The highest BCUT2D eigenvalue weighted by Crippen LogP contribution is 2.24. The van der Waals surface area contributed by atoms with Crippen LogP contribution in [-0.4, -0.2) is 34.7 Å². The number of nitrogens with zero attached hydrogens (tertiary/aromatic N) is 4. The van der Waals surface area contributed by atoms with E-state index in [0.717, 1.165) is 28.9 Å². The fourth-order valence-corrected chi connectivity index (χ4v) is 3.65. The lowest BCUT2D eigenvalue weighted by molar-refractivity contribution is 0.581. The second kappa shape index (κ2) is 7.85. The average molecular weight is 386 g/mol. The molecule has 3 rings (SSSR count). The van der Waals surface area contributed by atoms with Gasteiger partial charge in [-0.05, 0) is 31.0 Å². The molecule has 0 spiro atoms. The van der Waals surface area contributed by atoms with E-state index in [2.05, 4.69) is 25.1 Å². The van der Waals surface area contributed by atoms with Crippen molar-refractivity contribution in [3.63, 3.8) is 0 Å². The van der Waals surface area contributed by atoms with Crippen molar-refractivity contribution in [3.05, 3.63) is 48.4 Å². The van der Waals surface area contributed by atoms with Crippen LogP contribution in [0, 0.1) is 6.92 Å². The molecule has 0 bridgehead atoms. The van der Waals surface area contributed by atoms with Gasteiger partial charge in [0.25, 0.3) is 0 Å². The van der Waals surface area contributed by atoms with Gasteiger partial charge in [0, 0.05) is 31.5 Å². The molecule has 2 N–H and O–H groups in total. The SMILES string of the molecule is CCCNS(=O)(=O)c1ccc(-c2nc(Nc3cnn(C)c3)ncc2C)cc1. The molecular weight excluding hydrogens is 364 g/mol. The lowest BCUT2D eigenvalue weighted by Crippen LogP contribution is -2.24. The van der Waals surface area contributed by atoms with Crippen molar-refractivity contribution in [3.8, 4) is 11.3 Å². The van der Waals surface area contributed by atoms with E-state index in [4.69, 9.17) is 0 Å². The van der Waals surface area contributed by atoms with Crippen molar-refractivity contribution in [2.75, 3.05) is 11.9 Å². The van der Waals surface area contributed by atoms with Crippen LogP contribution in [0.5, 0.6) is 0 Å². The van der Waals surface area contributed by atoms with E-state index >= 15 is 0 Å². The van der Waals surface area contributed by atoms with E-state index in [1.165, 1.54) is 0 Å². The molecule has 0 aliphatic heterocycles. The molecule has 0 amide bonds. The van der Waals surface area contributed by atoms with Crippen molar-refractivity contribution in [2.45, 2.75) is 25.2 Å². The van der Waals surface area contributed by atoms with Crippen LogP contribution < -0.4 is 10.0 Å². The molecule has 8 nitrogen and oxygen atoms in total. The van der Waals surface area contributed by atoms with E-state index in [9.17, 15) is 8.42 Å². The number of nitrogens with one attached hydrogen (secondary N) is 2. The average Bonchev–Trinajstić information content (AvgIpc) is 3.06. The Morgan fingerprint density at radius 2 is 1.89 bits per heavy atom. The van der Waals surface area contributed by atoms with Crippen molar-refractivity contribution in [1.29, 1.82) is 0 Å². The summed E-state index contributed by atoms with van der Waals surface area (Å²) in [6.45, 7) is 4.25. The van der Waals surface area contributed by atoms with Crippen LogP contribution in [0.15, 0.2) is 47.8 Å². The fourth-order valence-electron chi connectivity index (χ4n) is 2.52. The number of rotatable bonds is 7. The molecule has 142 valence electrons. The third-order valence-electron chi connectivity index (χ3n) is 3.91. The van der Waals surface area contributed by atoms with Gasteiger partial charge < -0.3 is 5.32 Å². The lowest BCUT2D eigenvalue weighted by atomic mass is 10.1. The molecule has 0 atom stereocenters. The van der Waals surface area contributed by atoms with Crippen LogP contribution in [0.25, 0.3) is 11.3 Å². The van der Waals surface area contributed by atoms with Crippen LogP contribution >= 0.6 is 0 Å². The minimum absolute atomic E-state index is 0.236. The van der Waals surface area contributed by atoms with Gasteiger partial charge in [-0.1, -0.05) is 19.1 Å². The quantitative estimate of drug-likeness (QED) is 0.647. The number of benzene rings is 1. The molecule has 2 aromatic heterocycles. The molecule has 0 aliphatic carbocycles. The summed E-state index contributed by atoms with van der Waals surface area (Å²) < 4.78 is 28.7. The van der Waals surface area contributed by atoms with Crippen molar-refractivity contribution < 1.29 is 8.42 Å². The second-order valence-electron chi connectivity index (χ2n) is 6.18. The number of aromatic nitrogens is 4. The summed E-state index contributed by atoms with van der Waals surface area (Å²) in [6.07, 6.45) is 5.98. The Bertz CT molecular complexity index is 1030. The van der Waals surface area contributed by atoms with E-state index in [-0.39, 0.29) is 4.90 Å². The Hall–Kier alpha value is -2.78. The van der Waals surface area contributed by atoms with Crippen molar-refractivity contribution in [1.82, 2.24) is 24.5 Å². The Kier molecular flexibility index (Phi) is 5.52. The van der Waals surface area contributed by atoms with E-state index in [1.54, 1.807) is 41.3 Å². The molecule has 0 fully saturated rings. The van der Waals surface area contributed by atoms with Gasteiger partial charge in [-0.25, -0.2) is 23.1 Å². The maximum Gasteiger partial charge on any atom is 0.240 e. The zero-order chi connectivity index (χ0) is 19.4. The summed E-state index contributed by atoms with van der Waals surface area (Å²) in [5.41, 5.74) is 3.24. The maximum absolute atomic E-state index is 12.2. The summed E-state index contributed by atoms with van der Waals surface area (Å²) in [6, 6.07) is 6.68. The monoisotopic (exact) mass is 386 g/mol. The molecule has 9 heteroatoms. The predicted molar refractivity (Wildman–Crippen MR) is 104 cm³/mol. The highest BCUT2D eigenvalue weighted by Gasteiger charge is 2.14. The number of aryl methyl sites for hydroxylation is 2. The summed E-state index contributed by atoms with van der Waals surface area (Å²) in [5.74, 6) is 0.449. The zero-order valence-electron chi connectivity index (χ0n) is 15.5. The van der Waals surface area contributed by atoms with Gasteiger partial charge in [0.05, 0.1) is 22.5 Å². The van der Waals surface area contributed by atoms with Crippen LogP contribution in [0.1, 0.15) is 18.9 Å². The molecule has 1 aromatic carbocycles. The first kappa shape index (κ1) is 19.0. The number of anilines is 2. The molecular formula is C18H22N6O2S. The molecule has 0 unspecified atom stereocenters. The first-order valence-corrected chi connectivity index (χ1v) is 10.1. The van der Waals surface area contributed by atoms with Crippen molar-refractivity contribution in [2.24, 2.45) is 7.05 Å². The van der Waals surface area contributed by atoms with Gasteiger partial charge in [0.1, 0.15) is 0 Å². The van der Waals surface area contributed by atoms with Gasteiger partial charge >= 0.3 is 0 Å². The van der Waals surface area contributed by atoms with E-state index in [1.807, 2.05) is 27.1 Å². The molecule has 27 heavy (non-hydrogen) atoms. The van der Waals surface area contributed by atoms with Crippen LogP contribution in [-0.2, 0) is 17.1 Å². The first-order valence-electron chi connectivity index (χ1n) is 8.58. The smallest absolute Gasteiger partial charge is 0.240 e. The van der Waals surface area contributed by atoms with Gasteiger partial charge in [0.15, 0.2) is 0 Å². The number of hydrogen-bond acceptors (Lipinski definition) is 6. The molecule has 0 radical (unpaired) electrons. The minimum atomic E-state index is -3.48. The van der Waals surface area contributed by atoms with Gasteiger partial charge in [-0.2, -0.15) is 5.10 Å². The fraction of sp³-hybridized carbons (Fsp3) is 0.278. The molecule has 3 aromatic rings. The highest BCUT2D eigenvalue weighted by molar-refractivity contribution is 7.89. The Morgan fingerprint density at radius 3 is 2.52 bits per heavy atom. The second-order valence-corrected chi connectivity index (χ2v) is 7.94. The summed E-state index contributed by atoms with van der Waals surface area (Å²) in [7, 11) is -1.65. The standard InChI is InChI=1S/C18H22N6O2S/c1-4-9-21-27(25,26)16-7-5-14(6-8-16)17-13(2)10-19-18(23-17)22-15-11-20-24(3)12-15/h5-8,10-12,21H,4,9H2,1-3H3,(H,19,22,23). The Morgan fingerprint density at radius 1 is 1.15 bits per heavy atom. The normalized spacial score (nSPS) is 11.5. The van der Waals surface area contributed by atoms with E-state index < -0.39 is 10.0 Å². The lowest BCUT2D eigenvalue weighted by Gasteiger charge is -2.10. The number of sulfonamides is 1. The maximum atomic E-state index is 12.2. The van der Waals surface area contributed by atoms with Gasteiger partial charge in [-0.3, -0.25) is 4.68 Å². The van der Waals surface area contributed by atoms with Crippen LogP contribution in [0.2, 0.25) is 0 Å². The summed E-state index contributed by atoms with van der Waals surface area (Å²) >= 11 is 0. The van der Waals surface area contributed by atoms with Gasteiger partial charge in [-0.15, -0.1) is 0 Å². The zero-order valence-corrected chi connectivity index (χ0v) is 16.3. The largest absolute Gasteiger partial charge is 0.321 e. The summed E-state index contributed by atoms with van der Waals surface area (Å²) in [4.78, 5) is 9.09. The summed E-state index contributed by atoms with van der Waals surface area (Å²) in [5, 5.41) is 7.21.